The van der Waals surface area contributed by atoms with E-state index < -0.39 is 76.5 Å². The van der Waals surface area contributed by atoms with Gasteiger partial charge in [-0.15, -0.1) is 0 Å². The Morgan fingerprint density at radius 2 is 0.921 bits per heavy atom. The summed E-state index contributed by atoms with van der Waals surface area (Å²) in [6.07, 6.45) is -11.0. The zero-order chi connectivity index (χ0) is 30.4. The lowest BCUT2D eigenvalue weighted by Gasteiger charge is -2.42. The summed E-state index contributed by atoms with van der Waals surface area (Å²) in [7, 11) is -5.38. The number of hydrogen-bond acceptors (Lipinski definition) is 3. The molecule has 3 nitrogen and oxygen atoms in total. The maximum absolute atomic E-state index is 13.8. The molecule has 1 aromatic rings. The summed E-state index contributed by atoms with van der Waals surface area (Å²) in [6.45, 7) is -0.964. The van der Waals surface area contributed by atoms with E-state index in [-0.39, 0.29) is 5.56 Å². The summed E-state index contributed by atoms with van der Waals surface area (Å²) in [5.74, 6) is -59.9. The Kier molecular flexibility index (Phi) is 8.80. The van der Waals surface area contributed by atoms with E-state index in [4.69, 9.17) is 0 Å². The van der Waals surface area contributed by atoms with Crippen molar-refractivity contribution in [1.82, 2.24) is 0 Å². The summed E-state index contributed by atoms with van der Waals surface area (Å²) in [4.78, 5) is 0. The molecule has 1 aromatic carbocycles. The van der Waals surface area contributed by atoms with Crippen molar-refractivity contribution in [2.45, 2.75) is 60.7 Å². The van der Waals surface area contributed by atoms with Gasteiger partial charge in [-0.1, -0.05) is 30.3 Å². The summed E-state index contributed by atoms with van der Waals surface area (Å²) in [6, 6.07) is 6.36. The predicted molar refractivity (Wildman–Crippen MR) is 90.3 cm³/mol. The van der Waals surface area contributed by atoms with Gasteiger partial charge in [-0.25, -0.2) is 0 Å². The Hall–Kier alpha value is -2.06. The quantitative estimate of drug-likeness (QED) is 0.189. The lowest BCUT2D eigenvalue weighted by molar-refractivity contribution is -0.461. The summed E-state index contributed by atoms with van der Waals surface area (Å²) < 4.78 is 251. The fourth-order valence-corrected chi connectivity index (χ4v) is 3.34. The predicted octanol–water partition coefficient (Wildman–Crippen LogP) is 6.93. The van der Waals surface area contributed by atoms with Crippen LogP contribution in [0.1, 0.15) is 12.0 Å². The van der Waals surface area contributed by atoms with Crippen molar-refractivity contribution in [2.75, 3.05) is 5.75 Å². The fraction of sp³-hybridized carbons (Fsp3) is 0.647. The van der Waals surface area contributed by atoms with Crippen molar-refractivity contribution in [3.63, 3.8) is 0 Å². The van der Waals surface area contributed by atoms with Crippen LogP contribution in [0.5, 0.6) is 0 Å². The second-order valence-corrected chi connectivity index (χ2v) is 9.17. The number of benzene rings is 1. The van der Waals surface area contributed by atoms with Crippen LogP contribution in [0, 0.1) is 0 Å². The van der Waals surface area contributed by atoms with E-state index in [1.165, 1.54) is 30.3 Å². The highest BCUT2D eigenvalue weighted by molar-refractivity contribution is 7.86. The van der Waals surface area contributed by atoms with Crippen LogP contribution in [-0.4, -0.2) is 61.8 Å². The minimum Gasteiger partial charge on any atom is -0.265 e. The van der Waals surface area contributed by atoms with Crippen LogP contribution in [-0.2, 0) is 20.9 Å². The molecular formula is C17H11F17O3S. The van der Waals surface area contributed by atoms with E-state index >= 15 is 0 Å². The molecule has 0 radical (unpaired) electrons. The maximum Gasteiger partial charge on any atom is 0.460 e. The van der Waals surface area contributed by atoms with E-state index in [0.29, 0.717) is 0 Å². The van der Waals surface area contributed by atoms with Crippen molar-refractivity contribution < 1.29 is 87.2 Å². The van der Waals surface area contributed by atoms with E-state index in [2.05, 4.69) is 4.18 Å². The SMILES string of the molecule is O=S(=O)(CCC(F)(F)C(F)(F)C(F)(F)C(F)(F)C(F)(F)C(F)(F)C(F)(F)C(F)(F)F)OCc1ccccc1. The van der Waals surface area contributed by atoms with Crippen LogP contribution < -0.4 is 0 Å². The van der Waals surface area contributed by atoms with Crippen molar-refractivity contribution in [3.05, 3.63) is 35.9 Å². The van der Waals surface area contributed by atoms with Crippen LogP contribution in [0.2, 0.25) is 0 Å². The molecule has 0 heterocycles. The Balaban J connectivity index is 3.32. The molecule has 0 aliphatic carbocycles. The summed E-state index contributed by atoms with van der Waals surface area (Å²) >= 11 is 0. The van der Waals surface area contributed by atoms with Gasteiger partial charge in [0.2, 0.25) is 0 Å². The highest BCUT2D eigenvalue weighted by Gasteiger charge is 2.95. The highest BCUT2D eigenvalue weighted by Crippen LogP contribution is 2.64. The summed E-state index contributed by atoms with van der Waals surface area (Å²) in [5, 5.41) is 0. The molecule has 0 fully saturated rings. The van der Waals surface area contributed by atoms with Gasteiger partial charge in [0.15, 0.2) is 0 Å². The Bertz CT molecular complexity index is 1060. The molecule has 0 bridgehead atoms. The lowest BCUT2D eigenvalue weighted by Crippen LogP contribution is -2.74. The van der Waals surface area contributed by atoms with Crippen LogP contribution in [0.25, 0.3) is 0 Å². The van der Waals surface area contributed by atoms with E-state index in [1.807, 2.05) is 0 Å². The molecule has 0 unspecified atom stereocenters. The largest absolute Gasteiger partial charge is 0.460 e. The van der Waals surface area contributed by atoms with Crippen molar-refractivity contribution in [2.24, 2.45) is 0 Å². The minimum atomic E-state index is -8.74. The zero-order valence-corrected chi connectivity index (χ0v) is 18.4. The number of rotatable bonds is 12. The standard InChI is InChI=1S/C17H11F17O3S/c18-10(19,6-7-38(35,36)37-8-9-4-2-1-3-5-9)11(20,21)12(22,23)13(24,25)14(26,27)15(28,29)16(30,31)17(32,33)34/h1-5H,6-8H2. The van der Waals surface area contributed by atoms with Crippen LogP contribution >= 0.6 is 0 Å². The molecule has 0 saturated heterocycles. The van der Waals surface area contributed by atoms with E-state index in [1.54, 1.807) is 0 Å². The minimum absolute atomic E-state index is 0.0122. The lowest BCUT2D eigenvalue weighted by atomic mass is 9.88. The van der Waals surface area contributed by atoms with Crippen LogP contribution in [0.4, 0.5) is 74.6 Å². The highest BCUT2D eigenvalue weighted by atomic mass is 32.2. The van der Waals surface area contributed by atoms with Gasteiger partial charge in [0, 0.05) is 6.42 Å². The Morgan fingerprint density at radius 3 is 1.32 bits per heavy atom. The number of hydrogen-bond donors (Lipinski definition) is 0. The third-order valence-corrected chi connectivity index (χ3v) is 5.88. The average molecular weight is 618 g/mol. The normalized spacial score (nSPS) is 15.6. The van der Waals surface area contributed by atoms with Gasteiger partial charge >= 0.3 is 47.6 Å². The molecule has 0 saturated carbocycles. The maximum atomic E-state index is 13.8. The molecule has 0 spiro atoms. The third-order valence-electron chi connectivity index (χ3n) is 4.70. The van der Waals surface area contributed by atoms with Crippen molar-refractivity contribution in [1.29, 1.82) is 0 Å². The van der Waals surface area contributed by atoms with Gasteiger partial charge in [-0.3, -0.25) is 4.18 Å². The summed E-state index contributed by atoms with van der Waals surface area (Å²) in [5.41, 5.74) is 0.0122. The molecule has 0 atom stereocenters. The molecule has 21 heteroatoms. The van der Waals surface area contributed by atoms with Crippen LogP contribution in [0.15, 0.2) is 30.3 Å². The average Bonchev–Trinajstić information content (AvgIpc) is 2.75. The van der Waals surface area contributed by atoms with Gasteiger partial charge in [0.25, 0.3) is 10.1 Å². The van der Waals surface area contributed by atoms with Crippen molar-refractivity contribution in [3.8, 4) is 0 Å². The van der Waals surface area contributed by atoms with Gasteiger partial charge in [0.05, 0.1) is 12.4 Å². The van der Waals surface area contributed by atoms with Gasteiger partial charge in [-0.05, 0) is 5.56 Å². The Morgan fingerprint density at radius 1 is 0.553 bits per heavy atom. The van der Waals surface area contributed by atoms with E-state index in [0.717, 1.165) is 0 Å². The molecule has 0 aliphatic rings. The number of alkyl halides is 17. The second-order valence-electron chi connectivity index (χ2n) is 7.41. The molecule has 222 valence electrons. The molecule has 38 heavy (non-hydrogen) atoms. The molecular weight excluding hydrogens is 607 g/mol. The molecule has 0 amide bonds. The molecule has 0 aliphatic heterocycles. The first kappa shape index (κ1) is 34.0. The second kappa shape index (κ2) is 9.84. The topological polar surface area (TPSA) is 43.4 Å². The monoisotopic (exact) mass is 618 g/mol. The van der Waals surface area contributed by atoms with Gasteiger partial charge < -0.3 is 0 Å². The Labute approximate surface area is 200 Å². The smallest absolute Gasteiger partial charge is 0.265 e. The first-order chi connectivity index (χ1) is 16.5. The van der Waals surface area contributed by atoms with E-state index in [9.17, 15) is 83.1 Å². The zero-order valence-electron chi connectivity index (χ0n) is 17.6. The molecule has 0 aromatic heterocycles. The first-order valence-corrected chi connectivity index (χ1v) is 10.7. The third kappa shape index (κ3) is 5.48. The fourth-order valence-electron chi connectivity index (χ4n) is 2.40. The molecule has 0 N–H and O–H groups in total. The molecule has 1 rings (SSSR count). The first-order valence-electron chi connectivity index (χ1n) is 9.16. The van der Waals surface area contributed by atoms with Crippen molar-refractivity contribution >= 4 is 10.1 Å². The van der Waals surface area contributed by atoms with Crippen LogP contribution in [0.3, 0.4) is 0 Å². The number of halogens is 17. The van der Waals surface area contributed by atoms with Gasteiger partial charge in [-0.2, -0.15) is 83.1 Å². The van der Waals surface area contributed by atoms with Gasteiger partial charge in [0.1, 0.15) is 0 Å².